The minimum Gasteiger partial charge on any atom is -0.484 e. The molecule has 2 rings (SSSR count). The van der Waals surface area contributed by atoms with E-state index < -0.39 is 0 Å². The average molecular weight is 283 g/mol. The predicted molar refractivity (Wildman–Crippen MR) is 81.4 cm³/mol. The minimum absolute atomic E-state index is 0.0546. The lowest BCUT2D eigenvalue weighted by Gasteiger charge is -2.08. The molecule has 0 aliphatic carbocycles. The monoisotopic (exact) mass is 283 g/mol. The summed E-state index contributed by atoms with van der Waals surface area (Å²) in [7, 11) is 0. The molecular formula is C17H17NO3. The summed E-state index contributed by atoms with van der Waals surface area (Å²) in [4.78, 5) is 22.7. The molecule has 4 nitrogen and oxygen atoms in total. The van der Waals surface area contributed by atoms with E-state index in [0.29, 0.717) is 12.2 Å². The zero-order chi connectivity index (χ0) is 15.1. The number of benzene rings is 2. The fourth-order valence-corrected chi connectivity index (χ4v) is 1.86. The molecule has 0 bridgehead atoms. The number of hydrogen-bond donors (Lipinski definition) is 1. The van der Waals surface area contributed by atoms with Gasteiger partial charge in [0.15, 0.2) is 6.61 Å². The lowest BCUT2D eigenvalue weighted by atomic mass is 10.1. The zero-order valence-electron chi connectivity index (χ0n) is 11.8. The first-order chi connectivity index (χ1) is 10.1. The Labute approximate surface area is 123 Å². The van der Waals surface area contributed by atoms with E-state index in [2.05, 4.69) is 5.32 Å². The summed E-state index contributed by atoms with van der Waals surface area (Å²) in [6, 6.07) is 16.4. The van der Waals surface area contributed by atoms with Crippen LogP contribution in [0.25, 0.3) is 0 Å². The van der Waals surface area contributed by atoms with Crippen molar-refractivity contribution in [2.24, 2.45) is 0 Å². The molecule has 0 saturated carbocycles. The average Bonchev–Trinajstić information content (AvgIpc) is 2.47. The van der Waals surface area contributed by atoms with Crippen LogP contribution < -0.4 is 10.1 Å². The predicted octanol–water partition coefficient (Wildman–Crippen LogP) is 2.84. The van der Waals surface area contributed by atoms with Crippen molar-refractivity contribution in [2.45, 2.75) is 13.3 Å². The van der Waals surface area contributed by atoms with Crippen molar-refractivity contribution in [3.8, 4) is 5.75 Å². The molecule has 1 N–H and O–H groups in total. The number of ketones is 1. The van der Waals surface area contributed by atoms with Crippen LogP contribution in [0.15, 0.2) is 54.6 Å². The van der Waals surface area contributed by atoms with Crippen molar-refractivity contribution in [1.29, 1.82) is 0 Å². The van der Waals surface area contributed by atoms with Gasteiger partial charge in [-0.3, -0.25) is 9.59 Å². The standard InChI is InChI=1S/C17H17NO3/c1-13(19)11-14-7-9-16(10-8-14)21-12-17(20)18-15-5-3-2-4-6-15/h2-10H,11-12H2,1H3,(H,18,20). The summed E-state index contributed by atoms with van der Waals surface area (Å²) in [5.74, 6) is 0.505. The summed E-state index contributed by atoms with van der Waals surface area (Å²) < 4.78 is 5.40. The second-order valence-electron chi connectivity index (χ2n) is 4.73. The third kappa shape index (κ3) is 5.10. The van der Waals surface area contributed by atoms with Crippen LogP contribution in [0.1, 0.15) is 12.5 Å². The van der Waals surface area contributed by atoms with Crippen molar-refractivity contribution in [2.75, 3.05) is 11.9 Å². The summed E-state index contributed by atoms with van der Waals surface area (Å²) in [6.07, 6.45) is 0.411. The van der Waals surface area contributed by atoms with Gasteiger partial charge in [-0.15, -0.1) is 0 Å². The van der Waals surface area contributed by atoms with Crippen LogP contribution in [0.5, 0.6) is 5.75 Å². The molecule has 2 aromatic rings. The number of amides is 1. The zero-order valence-corrected chi connectivity index (χ0v) is 11.8. The van der Waals surface area contributed by atoms with Gasteiger partial charge in [-0.2, -0.15) is 0 Å². The molecule has 1 amide bonds. The summed E-state index contributed by atoms with van der Waals surface area (Å²) in [5, 5.41) is 2.74. The molecule has 2 aromatic carbocycles. The smallest absolute Gasteiger partial charge is 0.262 e. The van der Waals surface area contributed by atoms with E-state index >= 15 is 0 Å². The molecule has 0 heterocycles. The molecule has 0 atom stereocenters. The van der Waals surface area contributed by atoms with Gasteiger partial charge in [0.25, 0.3) is 5.91 Å². The fraction of sp³-hybridized carbons (Fsp3) is 0.176. The highest BCUT2D eigenvalue weighted by Gasteiger charge is 2.04. The van der Waals surface area contributed by atoms with Crippen LogP contribution in [-0.4, -0.2) is 18.3 Å². The van der Waals surface area contributed by atoms with Crippen molar-refractivity contribution in [1.82, 2.24) is 0 Å². The lowest BCUT2D eigenvalue weighted by molar-refractivity contribution is -0.118. The van der Waals surface area contributed by atoms with Crippen molar-refractivity contribution < 1.29 is 14.3 Å². The van der Waals surface area contributed by atoms with Gasteiger partial charge < -0.3 is 10.1 Å². The highest BCUT2D eigenvalue weighted by Crippen LogP contribution is 2.13. The van der Waals surface area contributed by atoms with Gasteiger partial charge in [0.2, 0.25) is 0 Å². The van der Waals surface area contributed by atoms with Crippen LogP contribution in [0, 0.1) is 0 Å². The van der Waals surface area contributed by atoms with Gasteiger partial charge >= 0.3 is 0 Å². The maximum Gasteiger partial charge on any atom is 0.262 e. The Hall–Kier alpha value is -2.62. The van der Waals surface area contributed by atoms with E-state index in [-0.39, 0.29) is 18.3 Å². The van der Waals surface area contributed by atoms with E-state index in [9.17, 15) is 9.59 Å². The molecule has 0 aliphatic rings. The first kappa shape index (κ1) is 14.8. The van der Waals surface area contributed by atoms with E-state index in [0.717, 1.165) is 11.3 Å². The second kappa shape index (κ2) is 7.24. The van der Waals surface area contributed by atoms with Gasteiger partial charge in [-0.25, -0.2) is 0 Å². The summed E-state index contributed by atoms with van der Waals surface area (Å²) in [6.45, 7) is 1.50. The number of carbonyl (C=O) groups is 2. The number of hydrogen-bond acceptors (Lipinski definition) is 3. The first-order valence-corrected chi connectivity index (χ1v) is 6.69. The third-order valence-corrected chi connectivity index (χ3v) is 2.80. The number of Topliss-reactive ketones (excluding diaryl/α,β-unsaturated/α-hetero) is 1. The maximum absolute atomic E-state index is 11.7. The molecule has 0 saturated heterocycles. The van der Waals surface area contributed by atoms with Crippen molar-refractivity contribution in [3.63, 3.8) is 0 Å². The van der Waals surface area contributed by atoms with E-state index in [1.54, 1.807) is 19.1 Å². The van der Waals surface area contributed by atoms with Gasteiger partial charge in [0.1, 0.15) is 11.5 Å². The number of anilines is 1. The SMILES string of the molecule is CC(=O)Cc1ccc(OCC(=O)Nc2ccccc2)cc1. The number of ether oxygens (including phenoxy) is 1. The van der Waals surface area contributed by atoms with Crippen LogP contribution in [0.2, 0.25) is 0 Å². The molecule has 0 spiro atoms. The van der Waals surface area contributed by atoms with E-state index in [4.69, 9.17) is 4.74 Å². The summed E-state index contributed by atoms with van der Waals surface area (Å²) >= 11 is 0. The Morgan fingerprint density at radius 1 is 1.00 bits per heavy atom. The first-order valence-electron chi connectivity index (χ1n) is 6.69. The maximum atomic E-state index is 11.7. The molecule has 21 heavy (non-hydrogen) atoms. The Morgan fingerprint density at radius 2 is 1.67 bits per heavy atom. The Bertz CT molecular complexity index is 606. The van der Waals surface area contributed by atoms with E-state index in [1.165, 1.54) is 0 Å². The molecule has 0 aliphatic heterocycles. The Kier molecular flexibility index (Phi) is 5.10. The number of carbonyl (C=O) groups excluding carboxylic acids is 2. The summed E-state index contributed by atoms with van der Waals surface area (Å²) in [5.41, 5.74) is 1.67. The van der Waals surface area contributed by atoms with E-state index in [1.807, 2.05) is 42.5 Å². The largest absolute Gasteiger partial charge is 0.484 e. The van der Waals surface area contributed by atoms with Crippen LogP contribution >= 0.6 is 0 Å². The molecule has 4 heteroatoms. The molecule has 0 aromatic heterocycles. The Balaban J connectivity index is 1.82. The molecule has 0 radical (unpaired) electrons. The highest BCUT2D eigenvalue weighted by atomic mass is 16.5. The highest BCUT2D eigenvalue weighted by molar-refractivity contribution is 5.91. The third-order valence-electron chi connectivity index (χ3n) is 2.80. The van der Waals surface area contributed by atoms with Crippen LogP contribution in [-0.2, 0) is 16.0 Å². The van der Waals surface area contributed by atoms with Gasteiger partial charge in [0, 0.05) is 12.1 Å². The Morgan fingerprint density at radius 3 is 2.29 bits per heavy atom. The number of rotatable bonds is 6. The van der Waals surface area contributed by atoms with Crippen LogP contribution in [0.4, 0.5) is 5.69 Å². The molecule has 108 valence electrons. The van der Waals surface area contributed by atoms with Crippen molar-refractivity contribution in [3.05, 3.63) is 60.2 Å². The number of para-hydroxylation sites is 1. The second-order valence-corrected chi connectivity index (χ2v) is 4.73. The van der Waals surface area contributed by atoms with Gasteiger partial charge in [-0.05, 0) is 36.8 Å². The lowest BCUT2D eigenvalue weighted by Crippen LogP contribution is -2.20. The fourth-order valence-electron chi connectivity index (χ4n) is 1.86. The molecular weight excluding hydrogens is 266 g/mol. The quantitative estimate of drug-likeness (QED) is 0.887. The minimum atomic E-state index is -0.214. The van der Waals surface area contributed by atoms with Crippen molar-refractivity contribution >= 4 is 17.4 Å². The molecule has 0 fully saturated rings. The topological polar surface area (TPSA) is 55.4 Å². The molecule has 0 unspecified atom stereocenters. The number of nitrogens with one attached hydrogen (secondary N) is 1. The van der Waals surface area contributed by atoms with Gasteiger partial charge in [0.05, 0.1) is 0 Å². The van der Waals surface area contributed by atoms with Crippen LogP contribution in [0.3, 0.4) is 0 Å². The normalized spacial score (nSPS) is 9.95. The van der Waals surface area contributed by atoms with Gasteiger partial charge in [-0.1, -0.05) is 30.3 Å².